The predicted octanol–water partition coefficient (Wildman–Crippen LogP) is 5.27. The minimum Gasteiger partial charge on any atom is -0.493 e. The first-order valence-electron chi connectivity index (χ1n) is 9.72. The van der Waals surface area contributed by atoms with Crippen LogP contribution in [0.3, 0.4) is 0 Å². The lowest BCUT2D eigenvalue weighted by Crippen LogP contribution is -2.15. The summed E-state index contributed by atoms with van der Waals surface area (Å²) in [5.41, 5.74) is 5.16. The van der Waals surface area contributed by atoms with E-state index in [4.69, 9.17) is 9.47 Å². The van der Waals surface area contributed by atoms with E-state index in [1.165, 1.54) is 35.3 Å². The molecule has 0 bridgehead atoms. The van der Waals surface area contributed by atoms with E-state index in [9.17, 15) is 4.79 Å². The second-order valence-corrected chi connectivity index (χ2v) is 8.11. The van der Waals surface area contributed by atoms with Gasteiger partial charge in [0.25, 0.3) is 5.91 Å². The molecule has 29 heavy (non-hydrogen) atoms. The van der Waals surface area contributed by atoms with Crippen LogP contribution in [0.2, 0.25) is 0 Å². The Morgan fingerprint density at radius 3 is 2.66 bits per heavy atom. The average Bonchev–Trinajstić information content (AvgIpc) is 3.15. The summed E-state index contributed by atoms with van der Waals surface area (Å²) in [7, 11) is 3.21. The van der Waals surface area contributed by atoms with Gasteiger partial charge in [-0.3, -0.25) is 4.79 Å². The summed E-state index contributed by atoms with van der Waals surface area (Å²) < 4.78 is 10.7. The molecule has 0 spiro atoms. The smallest absolute Gasteiger partial charge is 0.267 e. The van der Waals surface area contributed by atoms with Crippen molar-refractivity contribution in [2.75, 3.05) is 19.5 Å². The highest BCUT2D eigenvalue weighted by atomic mass is 32.1. The predicted molar refractivity (Wildman–Crippen MR) is 116 cm³/mol. The van der Waals surface area contributed by atoms with Gasteiger partial charge in [-0.1, -0.05) is 12.1 Å². The van der Waals surface area contributed by atoms with Gasteiger partial charge in [0.05, 0.1) is 19.9 Å². The zero-order valence-corrected chi connectivity index (χ0v) is 17.7. The molecule has 0 saturated carbocycles. The number of thiazole rings is 1. The zero-order valence-electron chi connectivity index (χ0n) is 16.9. The van der Waals surface area contributed by atoms with E-state index < -0.39 is 0 Å². The molecule has 1 aliphatic rings. The largest absolute Gasteiger partial charge is 0.493 e. The number of carbonyl (C=O) groups excluding carboxylic acids is 1. The summed E-state index contributed by atoms with van der Waals surface area (Å²) in [4.78, 5) is 18.3. The third-order valence-electron chi connectivity index (χ3n) is 5.28. The van der Waals surface area contributed by atoms with Crippen LogP contribution in [0, 0.1) is 6.92 Å². The average molecular weight is 409 g/mol. The molecule has 1 N–H and O–H groups in total. The highest BCUT2D eigenvalue weighted by molar-refractivity contribution is 7.17. The molecule has 1 heterocycles. The van der Waals surface area contributed by atoms with Crippen LogP contribution in [0.5, 0.6) is 11.5 Å². The molecule has 0 radical (unpaired) electrons. The highest BCUT2D eigenvalue weighted by Gasteiger charge is 2.20. The molecule has 1 aliphatic carbocycles. The number of carbonyl (C=O) groups is 1. The van der Waals surface area contributed by atoms with Crippen LogP contribution in [0.4, 0.5) is 5.69 Å². The monoisotopic (exact) mass is 408 g/mol. The van der Waals surface area contributed by atoms with Gasteiger partial charge >= 0.3 is 0 Å². The Balaban J connectivity index is 1.61. The van der Waals surface area contributed by atoms with Gasteiger partial charge in [0.15, 0.2) is 11.5 Å². The molecule has 0 fully saturated rings. The van der Waals surface area contributed by atoms with E-state index in [-0.39, 0.29) is 5.91 Å². The van der Waals surface area contributed by atoms with Crippen molar-refractivity contribution >= 4 is 22.9 Å². The van der Waals surface area contributed by atoms with Crippen molar-refractivity contribution in [2.45, 2.75) is 32.6 Å². The quantitative estimate of drug-likeness (QED) is 0.625. The normalized spacial score (nSPS) is 12.9. The van der Waals surface area contributed by atoms with Crippen molar-refractivity contribution in [1.29, 1.82) is 0 Å². The number of nitrogens with zero attached hydrogens (tertiary/aromatic N) is 1. The third kappa shape index (κ3) is 3.85. The van der Waals surface area contributed by atoms with E-state index in [0.717, 1.165) is 34.8 Å². The van der Waals surface area contributed by atoms with Crippen molar-refractivity contribution < 1.29 is 14.3 Å². The Morgan fingerprint density at radius 2 is 1.86 bits per heavy atom. The Hall–Kier alpha value is -2.86. The van der Waals surface area contributed by atoms with Crippen LogP contribution < -0.4 is 14.8 Å². The van der Waals surface area contributed by atoms with Crippen LogP contribution >= 0.6 is 11.3 Å². The van der Waals surface area contributed by atoms with E-state index in [2.05, 4.69) is 16.4 Å². The molecule has 1 aromatic heterocycles. The van der Waals surface area contributed by atoms with Gasteiger partial charge in [0.1, 0.15) is 9.88 Å². The Bertz CT molecular complexity index is 1060. The lowest BCUT2D eigenvalue weighted by atomic mass is 9.90. The van der Waals surface area contributed by atoms with Crippen LogP contribution in [-0.4, -0.2) is 25.1 Å². The molecule has 4 rings (SSSR count). The van der Waals surface area contributed by atoms with Crippen molar-refractivity contribution in [3.8, 4) is 22.1 Å². The van der Waals surface area contributed by atoms with Gasteiger partial charge in [-0.15, -0.1) is 11.3 Å². The molecule has 0 unspecified atom stereocenters. The first-order valence-corrected chi connectivity index (χ1v) is 10.5. The van der Waals surface area contributed by atoms with Crippen molar-refractivity contribution in [3.63, 3.8) is 0 Å². The summed E-state index contributed by atoms with van der Waals surface area (Å²) in [6.45, 7) is 1.87. The van der Waals surface area contributed by atoms with E-state index in [0.29, 0.717) is 16.4 Å². The van der Waals surface area contributed by atoms with E-state index in [1.807, 2.05) is 37.3 Å². The molecule has 150 valence electrons. The second kappa shape index (κ2) is 8.25. The van der Waals surface area contributed by atoms with Crippen molar-refractivity contribution in [1.82, 2.24) is 4.98 Å². The molecule has 3 aromatic rings. The van der Waals surface area contributed by atoms with Crippen LogP contribution in [0.15, 0.2) is 36.4 Å². The number of anilines is 1. The number of hydrogen-bond donors (Lipinski definition) is 1. The number of aromatic nitrogens is 1. The third-order valence-corrected chi connectivity index (χ3v) is 6.48. The van der Waals surface area contributed by atoms with Gasteiger partial charge in [0.2, 0.25) is 0 Å². The van der Waals surface area contributed by atoms with E-state index >= 15 is 0 Å². The number of benzene rings is 2. The fourth-order valence-corrected chi connectivity index (χ4v) is 4.74. The number of amides is 1. The maximum atomic E-state index is 13.0. The first kappa shape index (κ1) is 19.5. The van der Waals surface area contributed by atoms with Gasteiger partial charge < -0.3 is 14.8 Å². The fraction of sp³-hybridized carbons (Fsp3) is 0.304. The Kier molecular flexibility index (Phi) is 5.53. The van der Waals surface area contributed by atoms with Crippen LogP contribution in [0.1, 0.15) is 39.3 Å². The zero-order chi connectivity index (χ0) is 20.4. The Morgan fingerprint density at radius 1 is 1.07 bits per heavy atom. The summed E-state index contributed by atoms with van der Waals surface area (Å²) in [5.74, 6) is 1.20. The van der Waals surface area contributed by atoms with Crippen LogP contribution in [-0.2, 0) is 12.8 Å². The minimum atomic E-state index is -0.106. The molecule has 6 heteroatoms. The summed E-state index contributed by atoms with van der Waals surface area (Å²) in [6.07, 6.45) is 4.49. The summed E-state index contributed by atoms with van der Waals surface area (Å²) in [5, 5.41) is 3.90. The van der Waals surface area contributed by atoms with Gasteiger partial charge in [-0.05, 0) is 68.0 Å². The number of rotatable bonds is 5. The maximum absolute atomic E-state index is 13.0. The maximum Gasteiger partial charge on any atom is 0.267 e. The highest BCUT2D eigenvalue weighted by Crippen LogP contribution is 2.35. The standard InChI is InChI=1S/C23H24N2O3S/c1-14-21(22(26)25-18-10-6-8-15-7-4-5-9-17(15)18)29-23(24-14)16-11-12-19(27-2)20(13-16)28-3/h6,8,10-13H,4-5,7,9H2,1-3H3,(H,25,26). The lowest BCUT2D eigenvalue weighted by molar-refractivity contribution is 0.102. The number of aryl methyl sites for hydroxylation is 2. The van der Waals surface area contributed by atoms with Crippen LogP contribution in [0.25, 0.3) is 10.6 Å². The van der Waals surface area contributed by atoms with Crippen molar-refractivity contribution in [3.05, 3.63) is 58.1 Å². The van der Waals surface area contributed by atoms with E-state index in [1.54, 1.807) is 14.2 Å². The van der Waals surface area contributed by atoms with Gasteiger partial charge in [-0.25, -0.2) is 4.98 Å². The topological polar surface area (TPSA) is 60.5 Å². The number of hydrogen-bond acceptors (Lipinski definition) is 5. The molecular formula is C23H24N2O3S. The summed E-state index contributed by atoms with van der Waals surface area (Å²) >= 11 is 1.39. The molecule has 2 aromatic carbocycles. The first-order chi connectivity index (χ1) is 14.1. The molecule has 0 saturated heterocycles. The molecule has 5 nitrogen and oxygen atoms in total. The fourth-order valence-electron chi connectivity index (χ4n) is 3.78. The number of methoxy groups -OCH3 is 2. The lowest BCUT2D eigenvalue weighted by Gasteiger charge is -2.19. The second-order valence-electron chi connectivity index (χ2n) is 7.11. The van der Waals surface area contributed by atoms with Gasteiger partial charge in [0, 0.05) is 11.3 Å². The summed E-state index contributed by atoms with van der Waals surface area (Å²) in [6, 6.07) is 11.8. The van der Waals surface area contributed by atoms with Gasteiger partial charge in [-0.2, -0.15) is 0 Å². The van der Waals surface area contributed by atoms with Crippen molar-refractivity contribution in [2.24, 2.45) is 0 Å². The SMILES string of the molecule is COc1ccc(-c2nc(C)c(C(=O)Nc3cccc4c3CCCC4)s2)cc1OC. The minimum absolute atomic E-state index is 0.106. The molecule has 1 amide bonds. The number of fused-ring (bicyclic) bond motifs is 1. The molecule has 0 atom stereocenters. The molecular weight excluding hydrogens is 384 g/mol. The number of ether oxygens (including phenoxy) is 2. The number of nitrogens with one attached hydrogen (secondary N) is 1. The molecule has 0 aliphatic heterocycles. The Labute approximate surface area is 174 Å².